The van der Waals surface area contributed by atoms with Gasteiger partial charge in [0, 0.05) is 0 Å². The van der Waals surface area contributed by atoms with E-state index in [2.05, 4.69) is 13.8 Å². The Bertz CT molecular complexity index is 109. The van der Waals surface area contributed by atoms with Crippen LogP contribution in [0.4, 0.5) is 4.79 Å². The number of hydrogen-bond donors (Lipinski definition) is 3. The molecule has 0 saturated carbocycles. The molecule has 0 saturated heterocycles. The zero-order chi connectivity index (χ0) is 10.7. The molecule has 1 unspecified atom stereocenters. The molecule has 4 nitrogen and oxygen atoms in total. The molecule has 0 aromatic heterocycles. The van der Waals surface area contributed by atoms with Crippen molar-refractivity contribution in [3.05, 3.63) is 0 Å². The van der Waals surface area contributed by atoms with Crippen molar-refractivity contribution in [1.29, 1.82) is 0 Å². The lowest BCUT2D eigenvalue weighted by molar-refractivity contribution is 0.137. The summed E-state index contributed by atoms with van der Waals surface area (Å²) >= 11 is 0. The van der Waals surface area contributed by atoms with Gasteiger partial charge < -0.3 is 15.9 Å². The van der Waals surface area contributed by atoms with Crippen LogP contribution in [0.1, 0.15) is 39.5 Å². The van der Waals surface area contributed by atoms with E-state index in [1.165, 1.54) is 25.7 Å². The van der Waals surface area contributed by atoms with E-state index in [4.69, 9.17) is 20.7 Å². The van der Waals surface area contributed by atoms with Crippen molar-refractivity contribution in [3.8, 4) is 0 Å². The molecule has 0 radical (unpaired) electrons. The number of hydrogen-bond acceptors (Lipinski definition) is 2. The average Bonchev–Trinajstić information content (AvgIpc) is 2.06. The quantitative estimate of drug-likeness (QED) is 0.623. The van der Waals surface area contributed by atoms with Gasteiger partial charge in [-0.3, -0.25) is 0 Å². The summed E-state index contributed by atoms with van der Waals surface area (Å²) in [5.74, 6) is 0.782. The van der Waals surface area contributed by atoms with Crippen molar-refractivity contribution in [2.24, 2.45) is 11.7 Å². The van der Waals surface area contributed by atoms with Crippen molar-refractivity contribution in [3.63, 3.8) is 0 Å². The van der Waals surface area contributed by atoms with E-state index in [-0.39, 0.29) is 0 Å². The minimum Gasteiger partial charge on any atom is -0.450 e. The second kappa shape index (κ2) is 11.2. The SMILES string of the molecule is CCCCC(CC)CN.O=C(O)O. The lowest BCUT2D eigenvalue weighted by Gasteiger charge is -2.09. The molecule has 0 aromatic carbocycles. The van der Waals surface area contributed by atoms with Crippen molar-refractivity contribution >= 4 is 6.16 Å². The molecule has 1 atom stereocenters. The van der Waals surface area contributed by atoms with E-state index < -0.39 is 6.16 Å². The van der Waals surface area contributed by atoms with Gasteiger partial charge in [0.15, 0.2) is 0 Å². The summed E-state index contributed by atoms with van der Waals surface area (Å²) in [6, 6.07) is 0. The predicted octanol–water partition coefficient (Wildman–Crippen LogP) is 2.38. The van der Waals surface area contributed by atoms with Crippen molar-refractivity contribution in [2.75, 3.05) is 6.54 Å². The molecule has 0 fully saturated rings. The monoisotopic (exact) mass is 191 g/mol. The first-order chi connectivity index (χ1) is 6.08. The molecule has 13 heavy (non-hydrogen) atoms. The van der Waals surface area contributed by atoms with E-state index in [1.807, 2.05) is 0 Å². The first kappa shape index (κ1) is 14.7. The maximum atomic E-state index is 8.56. The topological polar surface area (TPSA) is 83.6 Å². The largest absolute Gasteiger partial charge is 0.503 e. The lowest BCUT2D eigenvalue weighted by Crippen LogP contribution is -2.12. The van der Waals surface area contributed by atoms with Crippen LogP contribution in [0.15, 0.2) is 0 Å². The van der Waals surface area contributed by atoms with Crippen LogP contribution in [0.3, 0.4) is 0 Å². The maximum absolute atomic E-state index is 8.56. The normalized spacial score (nSPS) is 11.3. The van der Waals surface area contributed by atoms with Gasteiger partial charge in [0.2, 0.25) is 0 Å². The third-order valence-electron chi connectivity index (χ3n) is 1.88. The highest BCUT2D eigenvalue weighted by Gasteiger charge is 2.00. The number of carboxylic acid groups (broad SMARTS) is 2. The summed E-state index contributed by atoms with van der Waals surface area (Å²) in [6.07, 6.45) is 3.38. The zero-order valence-corrected chi connectivity index (χ0v) is 8.49. The van der Waals surface area contributed by atoms with Gasteiger partial charge in [-0.25, -0.2) is 4.79 Å². The lowest BCUT2D eigenvalue weighted by atomic mass is 10.00. The third kappa shape index (κ3) is 18.3. The van der Waals surface area contributed by atoms with Crippen LogP contribution >= 0.6 is 0 Å². The molecule has 0 aliphatic heterocycles. The van der Waals surface area contributed by atoms with Gasteiger partial charge in [0.25, 0.3) is 0 Å². The molecular weight excluding hydrogens is 170 g/mol. The summed E-state index contributed by atoms with van der Waals surface area (Å²) in [6.45, 7) is 5.31. The molecule has 80 valence electrons. The van der Waals surface area contributed by atoms with E-state index in [9.17, 15) is 0 Å². The van der Waals surface area contributed by atoms with Crippen LogP contribution in [0, 0.1) is 5.92 Å². The van der Waals surface area contributed by atoms with Gasteiger partial charge in [0.1, 0.15) is 0 Å². The Hall–Kier alpha value is -0.770. The molecule has 0 bridgehead atoms. The molecule has 4 N–H and O–H groups in total. The number of nitrogens with two attached hydrogens (primary N) is 1. The third-order valence-corrected chi connectivity index (χ3v) is 1.88. The van der Waals surface area contributed by atoms with Crippen LogP contribution in [-0.2, 0) is 0 Å². The molecule has 0 spiro atoms. The summed E-state index contributed by atoms with van der Waals surface area (Å²) in [4.78, 5) is 8.56. The number of rotatable bonds is 5. The summed E-state index contributed by atoms with van der Waals surface area (Å²) < 4.78 is 0. The van der Waals surface area contributed by atoms with Crippen LogP contribution in [-0.4, -0.2) is 22.9 Å². The Balaban J connectivity index is 0. The smallest absolute Gasteiger partial charge is 0.450 e. The zero-order valence-electron chi connectivity index (χ0n) is 8.49. The molecule has 0 aromatic rings. The van der Waals surface area contributed by atoms with Gasteiger partial charge >= 0.3 is 6.16 Å². The van der Waals surface area contributed by atoms with Gasteiger partial charge in [-0.15, -0.1) is 0 Å². The average molecular weight is 191 g/mol. The number of carbonyl (C=O) groups is 1. The Labute approximate surface area is 79.8 Å². The number of unbranched alkanes of at least 4 members (excludes halogenated alkanes) is 1. The minimum absolute atomic E-state index is 0.782. The van der Waals surface area contributed by atoms with E-state index in [0.29, 0.717) is 0 Å². The van der Waals surface area contributed by atoms with E-state index in [0.717, 1.165) is 12.5 Å². The molecule has 0 rings (SSSR count). The highest BCUT2D eigenvalue weighted by atomic mass is 16.6. The van der Waals surface area contributed by atoms with Crippen LogP contribution in [0.2, 0.25) is 0 Å². The highest BCUT2D eigenvalue weighted by Crippen LogP contribution is 2.09. The molecule has 0 aliphatic carbocycles. The van der Waals surface area contributed by atoms with Gasteiger partial charge in [0.05, 0.1) is 0 Å². The van der Waals surface area contributed by atoms with Crippen LogP contribution in [0.25, 0.3) is 0 Å². The predicted molar refractivity (Wildman–Crippen MR) is 53.0 cm³/mol. The minimum atomic E-state index is -1.83. The fourth-order valence-corrected chi connectivity index (χ4v) is 0.981. The second-order valence-electron chi connectivity index (χ2n) is 2.93. The van der Waals surface area contributed by atoms with Gasteiger partial charge in [-0.1, -0.05) is 33.1 Å². The molecule has 0 heterocycles. The Kier molecular flexibility index (Phi) is 12.7. The fourth-order valence-electron chi connectivity index (χ4n) is 0.981. The van der Waals surface area contributed by atoms with Crippen molar-refractivity contribution < 1.29 is 15.0 Å². The molecule has 0 aliphatic rings. The Morgan fingerprint density at radius 1 is 1.38 bits per heavy atom. The van der Waals surface area contributed by atoms with Crippen molar-refractivity contribution in [1.82, 2.24) is 0 Å². The summed E-state index contributed by atoms with van der Waals surface area (Å²) in [7, 11) is 0. The standard InChI is InChI=1S/C8H19N.CH2O3/c1-3-5-6-8(4-2)7-9;2-1(3)4/h8H,3-7,9H2,1-2H3;(H2,2,3,4). The first-order valence-electron chi connectivity index (χ1n) is 4.70. The molecular formula is C9H21NO3. The summed E-state index contributed by atoms with van der Waals surface area (Å²) in [5, 5.41) is 13.9. The Morgan fingerprint density at radius 3 is 2.08 bits per heavy atom. The molecule has 4 heteroatoms. The first-order valence-corrected chi connectivity index (χ1v) is 4.70. The van der Waals surface area contributed by atoms with Crippen molar-refractivity contribution in [2.45, 2.75) is 39.5 Å². The summed E-state index contributed by atoms with van der Waals surface area (Å²) in [5.41, 5.74) is 5.52. The van der Waals surface area contributed by atoms with Crippen LogP contribution in [0.5, 0.6) is 0 Å². The maximum Gasteiger partial charge on any atom is 0.503 e. The van der Waals surface area contributed by atoms with E-state index >= 15 is 0 Å². The van der Waals surface area contributed by atoms with Gasteiger partial charge in [-0.05, 0) is 18.9 Å². The Morgan fingerprint density at radius 2 is 1.85 bits per heavy atom. The second-order valence-corrected chi connectivity index (χ2v) is 2.93. The van der Waals surface area contributed by atoms with Gasteiger partial charge in [-0.2, -0.15) is 0 Å². The fraction of sp³-hybridized carbons (Fsp3) is 0.889. The highest BCUT2D eigenvalue weighted by molar-refractivity contribution is 5.53. The van der Waals surface area contributed by atoms with Crippen LogP contribution < -0.4 is 5.73 Å². The van der Waals surface area contributed by atoms with E-state index in [1.54, 1.807) is 0 Å². The molecule has 0 amide bonds.